The lowest BCUT2D eigenvalue weighted by atomic mass is 10.0. The number of rotatable bonds is 11. The Morgan fingerprint density at radius 1 is 1.26 bits per heavy atom. The number of aromatic nitrogens is 4. The quantitative estimate of drug-likeness (QED) is 0.519. The zero-order valence-electron chi connectivity index (χ0n) is 18.6. The van der Waals surface area contributed by atoms with Gasteiger partial charge in [-0.25, -0.2) is 4.68 Å². The summed E-state index contributed by atoms with van der Waals surface area (Å²) in [4.78, 5) is 11.7. The first-order valence-corrected chi connectivity index (χ1v) is 11.5. The van der Waals surface area contributed by atoms with E-state index in [-0.39, 0.29) is 11.7 Å². The van der Waals surface area contributed by atoms with E-state index in [2.05, 4.69) is 27.8 Å². The van der Waals surface area contributed by atoms with Gasteiger partial charge in [0.15, 0.2) is 5.82 Å². The zero-order chi connectivity index (χ0) is 22.3. The van der Waals surface area contributed by atoms with Crippen LogP contribution in [0.1, 0.15) is 50.0 Å². The van der Waals surface area contributed by atoms with Crippen LogP contribution in [0.25, 0.3) is 0 Å². The van der Waals surface area contributed by atoms with Gasteiger partial charge in [0.2, 0.25) is 0 Å². The van der Waals surface area contributed by atoms with E-state index < -0.39 is 5.54 Å². The summed E-state index contributed by atoms with van der Waals surface area (Å²) < 4.78 is 17.6. The van der Waals surface area contributed by atoms with Crippen molar-refractivity contribution in [1.82, 2.24) is 25.5 Å². The molecule has 0 amide bonds. The van der Waals surface area contributed by atoms with Crippen molar-refractivity contribution >= 4 is 17.7 Å². The van der Waals surface area contributed by atoms with Crippen molar-refractivity contribution in [2.24, 2.45) is 0 Å². The molecule has 10 heteroatoms. The number of ether oxygens (including phenoxy) is 3. The maximum atomic E-state index is 11.7. The monoisotopic (exact) mass is 449 g/mol. The number of hydrogen-bond acceptors (Lipinski definition) is 9. The molecule has 9 nitrogen and oxygen atoms in total. The Balaban J connectivity index is 1.85. The molecule has 1 aromatic heterocycles. The molecule has 1 aliphatic rings. The number of esters is 1. The number of methoxy groups -OCH3 is 3. The van der Waals surface area contributed by atoms with Crippen LogP contribution in [0.5, 0.6) is 11.5 Å². The van der Waals surface area contributed by atoms with Crippen molar-refractivity contribution < 1.29 is 19.0 Å². The average molecular weight is 450 g/mol. The van der Waals surface area contributed by atoms with Gasteiger partial charge in [0.1, 0.15) is 11.5 Å². The molecule has 1 saturated carbocycles. The van der Waals surface area contributed by atoms with Crippen LogP contribution in [0.15, 0.2) is 18.2 Å². The number of tetrazole rings is 1. The van der Waals surface area contributed by atoms with E-state index in [1.807, 2.05) is 22.9 Å². The maximum Gasteiger partial charge on any atom is 0.315 e. The van der Waals surface area contributed by atoms with Crippen molar-refractivity contribution in [3.63, 3.8) is 0 Å². The second-order valence-corrected chi connectivity index (χ2v) is 8.80. The molecule has 0 radical (unpaired) electrons. The molecule has 1 heterocycles. The van der Waals surface area contributed by atoms with Crippen molar-refractivity contribution in [3.05, 3.63) is 29.6 Å². The number of carbonyl (C=O) groups excluding carboxylic acids is 1. The number of hydrogen-bond donors (Lipinski definition) is 1. The molecule has 1 N–H and O–H groups in total. The van der Waals surface area contributed by atoms with Gasteiger partial charge in [0, 0.05) is 17.9 Å². The molecule has 1 aromatic carbocycles. The average Bonchev–Trinajstić information content (AvgIpc) is 3.49. The van der Waals surface area contributed by atoms with Crippen molar-refractivity contribution in [3.8, 4) is 11.5 Å². The van der Waals surface area contributed by atoms with Crippen LogP contribution >= 0.6 is 11.8 Å². The van der Waals surface area contributed by atoms with Crippen molar-refractivity contribution in [2.75, 3.05) is 32.8 Å². The van der Waals surface area contributed by atoms with Gasteiger partial charge in [0.05, 0.1) is 38.7 Å². The molecule has 1 unspecified atom stereocenters. The summed E-state index contributed by atoms with van der Waals surface area (Å²) in [6.45, 7) is 2.59. The summed E-state index contributed by atoms with van der Waals surface area (Å²) >= 11 is 1.49. The largest absolute Gasteiger partial charge is 0.497 e. The molecular weight excluding hydrogens is 418 g/mol. The highest BCUT2D eigenvalue weighted by atomic mass is 32.2. The van der Waals surface area contributed by atoms with Gasteiger partial charge in [-0.1, -0.05) is 12.8 Å². The Labute approximate surface area is 187 Å². The van der Waals surface area contributed by atoms with Gasteiger partial charge in [-0.3, -0.25) is 10.1 Å². The third kappa shape index (κ3) is 5.68. The maximum absolute atomic E-state index is 11.7. The van der Waals surface area contributed by atoms with E-state index in [1.54, 1.807) is 14.2 Å². The predicted octanol–water partition coefficient (Wildman–Crippen LogP) is 2.72. The highest BCUT2D eigenvalue weighted by Gasteiger charge is 2.35. The number of nitrogens with zero attached hydrogens (tertiary/aromatic N) is 4. The molecule has 31 heavy (non-hydrogen) atoms. The summed E-state index contributed by atoms with van der Waals surface area (Å²) in [5, 5.41) is 16.3. The molecule has 1 fully saturated rings. The fourth-order valence-electron chi connectivity index (χ4n) is 3.85. The highest BCUT2D eigenvalue weighted by Crippen LogP contribution is 2.33. The highest BCUT2D eigenvalue weighted by molar-refractivity contribution is 7.99. The first kappa shape index (κ1) is 23.3. The van der Waals surface area contributed by atoms with Gasteiger partial charge in [-0.05, 0) is 48.4 Å². The lowest BCUT2D eigenvalue weighted by Crippen LogP contribution is -2.44. The molecule has 1 aliphatic carbocycles. The Kier molecular flexibility index (Phi) is 8.14. The zero-order valence-corrected chi connectivity index (χ0v) is 19.4. The second kappa shape index (κ2) is 10.8. The number of carbonyl (C=O) groups is 1. The predicted molar refractivity (Wildman–Crippen MR) is 118 cm³/mol. The summed E-state index contributed by atoms with van der Waals surface area (Å²) in [6, 6.07) is 6.02. The van der Waals surface area contributed by atoms with Gasteiger partial charge in [0.25, 0.3) is 0 Å². The molecule has 0 saturated heterocycles. The lowest BCUT2D eigenvalue weighted by molar-refractivity contribution is -0.137. The second-order valence-electron chi connectivity index (χ2n) is 7.82. The SMILES string of the molecule is COC(=O)CSCC(C)(NCc1cc(OC)ccc1OC)c1nnnn1C1CCCC1. The van der Waals surface area contributed by atoms with Crippen LogP contribution in [-0.4, -0.2) is 59.0 Å². The summed E-state index contributed by atoms with van der Waals surface area (Å²) in [7, 11) is 4.69. The Morgan fingerprint density at radius 3 is 2.71 bits per heavy atom. The summed E-state index contributed by atoms with van der Waals surface area (Å²) in [5.74, 6) is 2.92. The van der Waals surface area contributed by atoms with Crippen LogP contribution in [0, 0.1) is 0 Å². The van der Waals surface area contributed by atoms with Gasteiger partial charge >= 0.3 is 5.97 Å². The fourth-order valence-corrected chi connectivity index (χ4v) is 4.88. The number of benzene rings is 1. The van der Waals surface area contributed by atoms with Crippen LogP contribution in [-0.2, 0) is 21.6 Å². The normalized spacial score (nSPS) is 16.1. The third-order valence-electron chi connectivity index (χ3n) is 5.65. The van der Waals surface area contributed by atoms with Crippen LogP contribution < -0.4 is 14.8 Å². The van der Waals surface area contributed by atoms with E-state index in [0.29, 0.717) is 18.3 Å². The summed E-state index contributed by atoms with van der Waals surface area (Å²) in [6.07, 6.45) is 4.53. The molecule has 1 atom stereocenters. The minimum atomic E-state index is -0.571. The number of nitrogens with one attached hydrogen (secondary N) is 1. The third-order valence-corrected chi connectivity index (χ3v) is 6.87. The van der Waals surface area contributed by atoms with Gasteiger partial charge in [-0.15, -0.1) is 16.9 Å². The van der Waals surface area contributed by atoms with Crippen LogP contribution in [0.2, 0.25) is 0 Å². The van der Waals surface area contributed by atoms with Gasteiger partial charge in [-0.2, -0.15) is 0 Å². The minimum absolute atomic E-state index is 0.253. The van der Waals surface area contributed by atoms with Crippen LogP contribution in [0.4, 0.5) is 0 Å². The molecule has 2 aromatic rings. The van der Waals surface area contributed by atoms with E-state index in [4.69, 9.17) is 14.2 Å². The molecule has 0 aliphatic heterocycles. The Morgan fingerprint density at radius 2 is 2.03 bits per heavy atom. The fraction of sp³-hybridized carbons (Fsp3) is 0.619. The molecular formula is C21H31N5O4S. The van der Waals surface area contributed by atoms with E-state index in [9.17, 15) is 4.79 Å². The lowest BCUT2D eigenvalue weighted by Gasteiger charge is -2.31. The molecule has 0 spiro atoms. The molecule has 0 bridgehead atoms. The topological polar surface area (TPSA) is 100 Å². The van der Waals surface area contributed by atoms with Crippen molar-refractivity contribution in [2.45, 2.75) is 50.7 Å². The van der Waals surface area contributed by atoms with Crippen LogP contribution in [0.3, 0.4) is 0 Å². The van der Waals surface area contributed by atoms with Gasteiger partial charge < -0.3 is 14.2 Å². The minimum Gasteiger partial charge on any atom is -0.497 e. The smallest absolute Gasteiger partial charge is 0.315 e. The van der Waals surface area contributed by atoms with E-state index in [1.165, 1.54) is 31.7 Å². The van der Waals surface area contributed by atoms with Crippen molar-refractivity contribution in [1.29, 1.82) is 0 Å². The number of thioether (sulfide) groups is 1. The Bertz CT molecular complexity index is 871. The molecule has 3 rings (SSSR count). The Hall–Kier alpha value is -2.33. The summed E-state index contributed by atoms with van der Waals surface area (Å²) in [5.41, 5.74) is 0.393. The van der Waals surface area contributed by atoms with E-state index >= 15 is 0 Å². The first-order valence-electron chi connectivity index (χ1n) is 10.4. The van der Waals surface area contributed by atoms with E-state index in [0.717, 1.165) is 35.7 Å². The molecule has 170 valence electrons. The first-order chi connectivity index (χ1) is 15.0. The standard InChI is InChI=1S/C21H31N5O4S/c1-21(14-31-13-19(27)30-4,20-23-24-25-26(20)16-7-5-6-8-16)22-12-15-11-17(28-2)9-10-18(15)29-3/h9-11,16,22H,5-8,12-14H2,1-4H3.